The van der Waals surface area contributed by atoms with Crippen LogP contribution in [0.4, 0.5) is 10.5 Å². The summed E-state index contributed by atoms with van der Waals surface area (Å²) < 4.78 is 0. The van der Waals surface area contributed by atoms with Gasteiger partial charge < -0.3 is 15.1 Å². The molecule has 1 aromatic rings. The summed E-state index contributed by atoms with van der Waals surface area (Å²) in [4.78, 5) is 17.0. The zero-order valence-corrected chi connectivity index (χ0v) is 12.6. The number of likely N-dealkylation sites (tertiary alicyclic amines) is 2. The molecular weight excluding hydrogens is 262 g/mol. The Hall–Kier alpha value is -1.55. The van der Waals surface area contributed by atoms with Crippen LogP contribution in [0.3, 0.4) is 0 Å². The molecule has 0 aliphatic carbocycles. The van der Waals surface area contributed by atoms with Gasteiger partial charge in [-0.25, -0.2) is 4.79 Å². The summed E-state index contributed by atoms with van der Waals surface area (Å²) in [5.74, 6) is 0. The van der Waals surface area contributed by atoms with Gasteiger partial charge in [-0.2, -0.15) is 0 Å². The van der Waals surface area contributed by atoms with E-state index < -0.39 is 0 Å². The summed E-state index contributed by atoms with van der Waals surface area (Å²) in [5, 5.41) is 3.02. The van der Waals surface area contributed by atoms with Crippen molar-refractivity contribution in [2.24, 2.45) is 0 Å². The Bertz CT molecular complexity index is 456. The van der Waals surface area contributed by atoms with E-state index in [9.17, 15) is 4.79 Å². The lowest BCUT2D eigenvalue weighted by molar-refractivity contribution is 0.161. The van der Waals surface area contributed by atoms with Gasteiger partial charge in [-0.1, -0.05) is 24.6 Å². The Balaban J connectivity index is 1.56. The number of piperidine rings is 1. The van der Waals surface area contributed by atoms with E-state index in [4.69, 9.17) is 0 Å². The van der Waals surface area contributed by atoms with Gasteiger partial charge >= 0.3 is 6.03 Å². The summed E-state index contributed by atoms with van der Waals surface area (Å²) in [6, 6.07) is 10.2. The van der Waals surface area contributed by atoms with Gasteiger partial charge in [0.1, 0.15) is 0 Å². The van der Waals surface area contributed by atoms with Crippen molar-refractivity contribution < 1.29 is 4.79 Å². The topological polar surface area (TPSA) is 35.6 Å². The van der Waals surface area contributed by atoms with Crippen molar-refractivity contribution in [2.45, 2.75) is 38.1 Å². The van der Waals surface area contributed by atoms with Gasteiger partial charge in [0.15, 0.2) is 0 Å². The SMILES string of the molecule is O=C(Nc1ccccc1)N1CCC[C@@H]1CN1CCCCC1. The average molecular weight is 287 g/mol. The molecule has 1 atom stereocenters. The lowest BCUT2D eigenvalue weighted by Crippen LogP contribution is -2.46. The lowest BCUT2D eigenvalue weighted by atomic mass is 10.1. The first-order valence-electron chi connectivity index (χ1n) is 8.18. The summed E-state index contributed by atoms with van der Waals surface area (Å²) in [6.45, 7) is 4.33. The van der Waals surface area contributed by atoms with Crippen LogP contribution in [0.15, 0.2) is 30.3 Å². The molecule has 2 saturated heterocycles. The Kier molecular flexibility index (Phi) is 4.76. The number of rotatable bonds is 3. The van der Waals surface area contributed by atoms with E-state index in [2.05, 4.69) is 10.2 Å². The monoisotopic (exact) mass is 287 g/mol. The molecule has 2 heterocycles. The zero-order chi connectivity index (χ0) is 14.5. The van der Waals surface area contributed by atoms with Crippen LogP contribution in [0.1, 0.15) is 32.1 Å². The normalized spacial score (nSPS) is 23.2. The minimum absolute atomic E-state index is 0.0562. The molecule has 3 rings (SSSR count). The summed E-state index contributed by atoms with van der Waals surface area (Å²) in [6.07, 6.45) is 6.24. The maximum absolute atomic E-state index is 12.5. The maximum atomic E-state index is 12.5. The highest BCUT2D eigenvalue weighted by Crippen LogP contribution is 2.21. The molecule has 0 radical (unpaired) electrons. The maximum Gasteiger partial charge on any atom is 0.322 e. The van der Waals surface area contributed by atoms with Gasteiger partial charge in [0.05, 0.1) is 0 Å². The molecule has 2 aliphatic rings. The summed E-state index contributed by atoms with van der Waals surface area (Å²) >= 11 is 0. The molecule has 2 amide bonds. The fourth-order valence-electron chi connectivity index (χ4n) is 3.45. The number of benzene rings is 1. The van der Waals surface area contributed by atoms with Gasteiger partial charge in [0.2, 0.25) is 0 Å². The van der Waals surface area contributed by atoms with Crippen LogP contribution in [0.5, 0.6) is 0 Å². The van der Waals surface area contributed by atoms with Crippen molar-refractivity contribution in [3.8, 4) is 0 Å². The molecule has 21 heavy (non-hydrogen) atoms. The third kappa shape index (κ3) is 3.76. The highest BCUT2D eigenvalue weighted by molar-refractivity contribution is 5.89. The number of carbonyl (C=O) groups is 1. The molecule has 0 aromatic heterocycles. The van der Waals surface area contributed by atoms with Crippen molar-refractivity contribution in [1.29, 1.82) is 0 Å². The van der Waals surface area contributed by atoms with E-state index in [1.54, 1.807) is 0 Å². The second-order valence-corrected chi connectivity index (χ2v) is 6.15. The second kappa shape index (κ2) is 6.94. The predicted octanol–water partition coefficient (Wildman–Crippen LogP) is 3.17. The van der Waals surface area contributed by atoms with Crippen molar-refractivity contribution in [3.05, 3.63) is 30.3 Å². The third-order valence-electron chi connectivity index (χ3n) is 4.58. The molecule has 114 valence electrons. The van der Waals surface area contributed by atoms with Gasteiger partial charge in [0.25, 0.3) is 0 Å². The molecule has 0 saturated carbocycles. The number of urea groups is 1. The molecular formula is C17H25N3O. The van der Waals surface area contributed by atoms with Gasteiger partial charge in [-0.05, 0) is 50.9 Å². The first-order chi connectivity index (χ1) is 10.3. The van der Waals surface area contributed by atoms with E-state index in [0.717, 1.165) is 31.6 Å². The Morgan fingerprint density at radius 3 is 2.57 bits per heavy atom. The van der Waals surface area contributed by atoms with E-state index in [1.807, 2.05) is 35.2 Å². The molecule has 4 nitrogen and oxygen atoms in total. The number of carbonyl (C=O) groups excluding carboxylic acids is 1. The van der Waals surface area contributed by atoms with E-state index in [1.165, 1.54) is 32.4 Å². The van der Waals surface area contributed by atoms with Crippen molar-refractivity contribution >= 4 is 11.7 Å². The smallest absolute Gasteiger partial charge is 0.320 e. The van der Waals surface area contributed by atoms with Crippen molar-refractivity contribution in [1.82, 2.24) is 9.80 Å². The highest BCUT2D eigenvalue weighted by atomic mass is 16.2. The van der Waals surface area contributed by atoms with Crippen LogP contribution < -0.4 is 5.32 Å². The Morgan fingerprint density at radius 2 is 1.81 bits per heavy atom. The average Bonchev–Trinajstić information content (AvgIpc) is 2.97. The molecule has 0 unspecified atom stereocenters. The number of nitrogens with one attached hydrogen (secondary N) is 1. The van der Waals surface area contributed by atoms with Crippen molar-refractivity contribution in [2.75, 3.05) is 31.5 Å². The van der Waals surface area contributed by atoms with Crippen molar-refractivity contribution in [3.63, 3.8) is 0 Å². The van der Waals surface area contributed by atoms with Gasteiger partial charge in [-0.15, -0.1) is 0 Å². The number of anilines is 1. The Morgan fingerprint density at radius 1 is 1.05 bits per heavy atom. The number of hydrogen-bond donors (Lipinski definition) is 1. The lowest BCUT2D eigenvalue weighted by Gasteiger charge is -2.33. The minimum atomic E-state index is 0.0562. The van der Waals surface area contributed by atoms with Crippen LogP contribution in [-0.4, -0.2) is 48.1 Å². The quantitative estimate of drug-likeness (QED) is 0.927. The molecule has 0 spiro atoms. The van der Waals surface area contributed by atoms with Crippen LogP contribution in [0, 0.1) is 0 Å². The first kappa shape index (κ1) is 14.4. The minimum Gasteiger partial charge on any atom is -0.320 e. The van der Waals surface area contributed by atoms with Crippen LogP contribution >= 0.6 is 0 Å². The van der Waals surface area contributed by atoms with Gasteiger partial charge in [0, 0.05) is 24.8 Å². The fraction of sp³-hybridized carbons (Fsp3) is 0.588. The van der Waals surface area contributed by atoms with Gasteiger partial charge in [-0.3, -0.25) is 0 Å². The standard InChI is InChI=1S/C17H25N3O/c21-17(18-15-8-3-1-4-9-15)20-13-7-10-16(20)14-19-11-5-2-6-12-19/h1,3-4,8-9,16H,2,5-7,10-14H2,(H,18,21)/t16-/m1/s1. The van der Waals surface area contributed by atoms with E-state index in [-0.39, 0.29) is 6.03 Å². The second-order valence-electron chi connectivity index (χ2n) is 6.15. The van der Waals surface area contributed by atoms with Crippen LogP contribution in [0.2, 0.25) is 0 Å². The van der Waals surface area contributed by atoms with Crippen LogP contribution in [-0.2, 0) is 0 Å². The van der Waals surface area contributed by atoms with E-state index in [0.29, 0.717) is 6.04 Å². The first-order valence-corrected chi connectivity index (χ1v) is 8.18. The summed E-state index contributed by atoms with van der Waals surface area (Å²) in [5.41, 5.74) is 0.881. The largest absolute Gasteiger partial charge is 0.322 e. The number of para-hydroxylation sites is 1. The molecule has 1 N–H and O–H groups in total. The third-order valence-corrected chi connectivity index (χ3v) is 4.58. The van der Waals surface area contributed by atoms with Crippen LogP contribution in [0.25, 0.3) is 0 Å². The highest BCUT2D eigenvalue weighted by Gasteiger charge is 2.30. The molecule has 4 heteroatoms. The molecule has 2 aliphatic heterocycles. The fourth-order valence-corrected chi connectivity index (χ4v) is 3.45. The molecule has 0 bridgehead atoms. The Labute approximate surface area is 127 Å². The predicted molar refractivity (Wildman–Crippen MR) is 85.5 cm³/mol. The molecule has 2 fully saturated rings. The summed E-state index contributed by atoms with van der Waals surface area (Å²) in [7, 11) is 0. The number of amides is 2. The molecule has 1 aromatic carbocycles. The number of nitrogens with zero attached hydrogens (tertiary/aromatic N) is 2. The number of hydrogen-bond acceptors (Lipinski definition) is 2. The zero-order valence-electron chi connectivity index (χ0n) is 12.6. The van der Waals surface area contributed by atoms with E-state index >= 15 is 0 Å².